The SMILES string of the molecule is CCCCN(C)Cn1cc(C=C2C(=O)N(c3ccccc3)N=C2C)c2ccccc21. The molecule has 2 aromatic carbocycles. The molecule has 5 nitrogen and oxygen atoms in total. The van der Waals surface area contributed by atoms with Crippen molar-refractivity contribution in [1.29, 1.82) is 0 Å². The van der Waals surface area contributed by atoms with Gasteiger partial charge in [0.2, 0.25) is 0 Å². The van der Waals surface area contributed by atoms with E-state index >= 15 is 0 Å². The van der Waals surface area contributed by atoms with Crippen LogP contribution in [-0.4, -0.2) is 34.7 Å². The van der Waals surface area contributed by atoms with Crippen LogP contribution in [0, 0.1) is 0 Å². The van der Waals surface area contributed by atoms with Crippen molar-refractivity contribution in [3.63, 3.8) is 0 Å². The van der Waals surface area contributed by atoms with Crippen LogP contribution >= 0.6 is 0 Å². The number of amides is 1. The standard InChI is InChI=1S/C25H28N4O/c1-4-5-15-27(3)18-28-17-20(22-13-9-10-14-24(22)28)16-23-19(2)26-29(25(23)30)21-11-7-6-8-12-21/h6-14,16-17H,4-5,15,18H2,1-3H3. The van der Waals surface area contributed by atoms with E-state index < -0.39 is 0 Å². The molecule has 2 heterocycles. The molecular formula is C25H28N4O. The fourth-order valence-electron chi connectivity index (χ4n) is 3.85. The van der Waals surface area contributed by atoms with E-state index in [9.17, 15) is 4.79 Å². The zero-order valence-corrected chi connectivity index (χ0v) is 17.9. The number of carbonyl (C=O) groups excluding carboxylic acids is 1. The number of fused-ring (bicyclic) bond motifs is 1. The topological polar surface area (TPSA) is 40.8 Å². The second-order valence-corrected chi connectivity index (χ2v) is 7.84. The van der Waals surface area contributed by atoms with Crippen molar-refractivity contribution in [2.45, 2.75) is 33.4 Å². The summed E-state index contributed by atoms with van der Waals surface area (Å²) in [4.78, 5) is 15.4. The minimum Gasteiger partial charge on any atom is -0.333 e. The third-order valence-electron chi connectivity index (χ3n) is 5.47. The summed E-state index contributed by atoms with van der Waals surface area (Å²) in [6.45, 7) is 5.99. The average molecular weight is 401 g/mol. The zero-order valence-electron chi connectivity index (χ0n) is 17.9. The van der Waals surface area contributed by atoms with E-state index in [4.69, 9.17) is 0 Å². The molecule has 0 saturated heterocycles. The van der Waals surface area contributed by atoms with Gasteiger partial charge in [0.1, 0.15) is 0 Å². The van der Waals surface area contributed by atoms with Crippen molar-refractivity contribution < 1.29 is 4.79 Å². The maximum atomic E-state index is 13.1. The summed E-state index contributed by atoms with van der Waals surface area (Å²) in [5.74, 6) is -0.0874. The van der Waals surface area contributed by atoms with Crippen LogP contribution in [-0.2, 0) is 11.5 Å². The molecule has 30 heavy (non-hydrogen) atoms. The third-order valence-corrected chi connectivity index (χ3v) is 5.47. The molecular weight excluding hydrogens is 372 g/mol. The summed E-state index contributed by atoms with van der Waals surface area (Å²) in [7, 11) is 2.15. The Balaban J connectivity index is 1.68. The number of benzene rings is 2. The van der Waals surface area contributed by atoms with E-state index in [0.29, 0.717) is 5.57 Å². The number of anilines is 1. The zero-order chi connectivity index (χ0) is 21.1. The van der Waals surface area contributed by atoms with Gasteiger partial charge in [-0.25, -0.2) is 0 Å². The summed E-state index contributed by atoms with van der Waals surface area (Å²) in [5, 5.41) is 7.13. The summed E-state index contributed by atoms with van der Waals surface area (Å²) < 4.78 is 2.26. The molecule has 3 aromatic rings. The Morgan fingerprint density at radius 1 is 1.07 bits per heavy atom. The Morgan fingerprint density at radius 2 is 1.80 bits per heavy atom. The van der Waals surface area contributed by atoms with Crippen LogP contribution in [0.2, 0.25) is 0 Å². The molecule has 0 atom stereocenters. The van der Waals surface area contributed by atoms with E-state index in [1.807, 2.05) is 49.4 Å². The van der Waals surface area contributed by atoms with Gasteiger partial charge in [0, 0.05) is 22.7 Å². The van der Waals surface area contributed by atoms with Crippen molar-refractivity contribution in [2.75, 3.05) is 18.6 Å². The van der Waals surface area contributed by atoms with Gasteiger partial charge in [-0.1, -0.05) is 49.7 Å². The van der Waals surface area contributed by atoms with E-state index in [0.717, 1.165) is 35.6 Å². The van der Waals surface area contributed by atoms with Crippen molar-refractivity contribution in [3.8, 4) is 0 Å². The highest BCUT2D eigenvalue weighted by molar-refractivity contribution is 6.32. The normalized spacial score (nSPS) is 15.6. The number of hydrogen-bond donors (Lipinski definition) is 0. The van der Waals surface area contributed by atoms with Gasteiger partial charge in [0.05, 0.1) is 23.6 Å². The molecule has 0 spiro atoms. The van der Waals surface area contributed by atoms with Gasteiger partial charge >= 0.3 is 0 Å². The molecule has 0 N–H and O–H groups in total. The summed E-state index contributed by atoms with van der Waals surface area (Å²) in [6.07, 6.45) is 6.50. The first kappa shape index (κ1) is 20.1. The van der Waals surface area contributed by atoms with Gasteiger partial charge in [-0.3, -0.25) is 9.69 Å². The number of aromatic nitrogens is 1. The molecule has 154 valence electrons. The number of hydrazone groups is 1. The first-order valence-corrected chi connectivity index (χ1v) is 10.5. The van der Waals surface area contributed by atoms with Gasteiger partial charge in [-0.15, -0.1) is 0 Å². The Morgan fingerprint density at radius 3 is 2.57 bits per heavy atom. The van der Waals surface area contributed by atoms with Gasteiger partial charge < -0.3 is 4.57 Å². The maximum Gasteiger partial charge on any atom is 0.280 e. The second-order valence-electron chi connectivity index (χ2n) is 7.84. The Bertz CT molecular complexity index is 1110. The maximum absolute atomic E-state index is 13.1. The number of para-hydroxylation sites is 2. The van der Waals surface area contributed by atoms with Crippen LogP contribution in [0.5, 0.6) is 0 Å². The minimum atomic E-state index is -0.0874. The first-order valence-electron chi connectivity index (χ1n) is 10.5. The molecule has 1 amide bonds. The number of hydrogen-bond acceptors (Lipinski definition) is 3. The Kier molecular flexibility index (Phi) is 5.81. The predicted octanol–water partition coefficient (Wildman–Crippen LogP) is 5.14. The predicted molar refractivity (Wildman–Crippen MR) is 124 cm³/mol. The molecule has 1 aromatic heterocycles. The third kappa shape index (κ3) is 3.94. The Labute approximate surface area is 177 Å². The highest BCUT2D eigenvalue weighted by Crippen LogP contribution is 2.28. The van der Waals surface area contributed by atoms with E-state index in [2.05, 4.69) is 52.9 Å². The average Bonchev–Trinajstić information content (AvgIpc) is 3.25. The largest absolute Gasteiger partial charge is 0.333 e. The number of unbranched alkanes of at least 4 members (excludes halogenated alkanes) is 1. The lowest BCUT2D eigenvalue weighted by molar-refractivity contribution is -0.114. The molecule has 5 heteroatoms. The van der Waals surface area contributed by atoms with Gasteiger partial charge in [-0.2, -0.15) is 10.1 Å². The first-order chi connectivity index (χ1) is 14.6. The van der Waals surface area contributed by atoms with Crippen LogP contribution in [0.3, 0.4) is 0 Å². The molecule has 0 saturated carbocycles. The summed E-state index contributed by atoms with van der Waals surface area (Å²) in [5.41, 5.74) is 4.38. The lowest BCUT2D eigenvalue weighted by Crippen LogP contribution is -2.22. The lowest BCUT2D eigenvalue weighted by Gasteiger charge is -2.17. The van der Waals surface area contributed by atoms with Crippen molar-refractivity contribution in [2.24, 2.45) is 5.10 Å². The van der Waals surface area contributed by atoms with Crippen LogP contribution < -0.4 is 5.01 Å². The lowest BCUT2D eigenvalue weighted by atomic mass is 10.1. The van der Waals surface area contributed by atoms with Gasteiger partial charge in [0.15, 0.2) is 0 Å². The molecule has 1 aliphatic heterocycles. The molecule has 0 bridgehead atoms. The number of rotatable bonds is 7. The summed E-state index contributed by atoms with van der Waals surface area (Å²) in [6, 6.07) is 17.9. The van der Waals surface area contributed by atoms with Crippen LogP contribution in [0.25, 0.3) is 17.0 Å². The van der Waals surface area contributed by atoms with Crippen LogP contribution in [0.4, 0.5) is 5.69 Å². The number of carbonyl (C=O) groups is 1. The highest BCUT2D eigenvalue weighted by atomic mass is 16.2. The smallest absolute Gasteiger partial charge is 0.280 e. The molecule has 0 aliphatic carbocycles. The fourth-order valence-corrected chi connectivity index (χ4v) is 3.85. The van der Waals surface area contributed by atoms with Gasteiger partial charge in [-0.05, 0) is 51.2 Å². The Hall–Kier alpha value is -3.18. The molecule has 4 rings (SSSR count). The van der Waals surface area contributed by atoms with E-state index in [-0.39, 0.29) is 5.91 Å². The van der Waals surface area contributed by atoms with Gasteiger partial charge in [0.25, 0.3) is 5.91 Å². The second kappa shape index (κ2) is 8.67. The quantitative estimate of drug-likeness (QED) is 0.516. The highest BCUT2D eigenvalue weighted by Gasteiger charge is 2.28. The monoisotopic (exact) mass is 400 g/mol. The van der Waals surface area contributed by atoms with Crippen LogP contribution in [0.15, 0.2) is 71.5 Å². The minimum absolute atomic E-state index is 0.0874. The number of nitrogens with zero attached hydrogens (tertiary/aromatic N) is 4. The van der Waals surface area contributed by atoms with E-state index in [1.54, 1.807) is 0 Å². The fraction of sp³-hybridized carbons (Fsp3) is 0.280. The molecule has 0 radical (unpaired) electrons. The molecule has 1 aliphatic rings. The molecule has 0 unspecified atom stereocenters. The molecule has 0 fully saturated rings. The van der Waals surface area contributed by atoms with Crippen molar-refractivity contribution in [3.05, 3.63) is 71.9 Å². The van der Waals surface area contributed by atoms with E-state index in [1.165, 1.54) is 23.4 Å². The van der Waals surface area contributed by atoms with Crippen LogP contribution in [0.1, 0.15) is 32.3 Å². The van der Waals surface area contributed by atoms with Crippen molar-refractivity contribution in [1.82, 2.24) is 9.47 Å². The summed E-state index contributed by atoms with van der Waals surface area (Å²) >= 11 is 0. The van der Waals surface area contributed by atoms with Crippen molar-refractivity contribution >= 4 is 34.3 Å².